The predicted octanol–water partition coefficient (Wildman–Crippen LogP) is 7.50. The van der Waals surface area contributed by atoms with Crippen LogP contribution in [0.15, 0.2) is 30.3 Å². The van der Waals surface area contributed by atoms with Crippen LogP contribution in [0.4, 0.5) is 0 Å². The molecule has 0 N–H and O–H groups in total. The van der Waals surface area contributed by atoms with Gasteiger partial charge in [0.1, 0.15) is 0 Å². The minimum absolute atomic E-state index is 0.795. The molecule has 8 aliphatic carbocycles. The molecule has 1 aromatic carbocycles. The Balaban J connectivity index is 1.36. The molecule has 158 valence electrons. The Bertz CT molecular complexity index is 677. The second kappa shape index (κ2) is 6.12. The molecule has 8 fully saturated rings. The molecular formula is C28H41P. The van der Waals surface area contributed by atoms with Crippen LogP contribution in [-0.2, 0) is 6.16 Å². The summed E-state index contributed by atoms with van der Waals surface area (Å²) < 4.78 is 0. The molecule has 8 saturated carbocycles. The van der Waals surface area contributed by atoms with Crippen molar-refractivity contribution in [1.82, 2.24) is 0 Å². The predicted molar refractivity (Wildman–Crippen MR) is 126 cm³/mol. The summed E-state index contributed by atoms with van der Waals surface area (Å²) in [6, 6.07) is 11.9. The Hall–Kier alpha value is -0.350. The van der Waals surface area contributed by atoms with Gasteiger partial charge in [0, 0.05) is 0 Å². The fraction of sp³-hybridized carbons (Fsp3) is 0.786. The van der Waals surface area contributed by atoms with Gasteiger partial charge in [0.25, 0.3) is 0 Å². The monoisotopic (exact) mass is 408 g/mol. The Labute approximate surface area is 179 Å². The van der Waals surface area contributed by atoms with E-state index in [-0.39, 0.29) is 0 Å². The molecule has 9 rings (SSSR count). The van der Waals surface area contributed by atoms with E-state index in [2.05, 4.69) is 37.0 Å². The van der Waals surface area contributed by atoms with Crippen LogP contribution in [0.5, 0.6) is 0 Å². The van der Waals surface area contributed by atoms with Crippen LogP contribution >= 0.6 is 7.26 Å². The number of hydrogen-bond acceptors (Lipinski definition) is 0. The van der Waals surface area contributed by atoms with Gasteiger partial charge in [-0.25, -0.2) is 0 Å². The van der Waals surface area contributed by atoms with E-state index in [1.165, 1.54) is 6.16 Å². The first-order chi connectivity index (χ1) is 14.0. The fourth-order valence-electron chi connectivity index (χ4n) is 11.5. The topological polar surface area (TPSA) is 0 Å². The van der Waals surface area contributed by atoms with Crippen molar-refractivity contribution in [3.05, 3.63) is 35.9 Å². The molecule has 0 amide bonds. The van der Waals surface area contributed by atoms with Crippen molar-refractivity contribution in [2.24, 2.45) is 35.5 Å². The molecule has 0 radical (unpaired) electrons. The molecule has 0 heterocycles. The first-order valence-corrected chi connectivity index (χ1v) is 15.8. The first kappa shape index (κ1) is 18.2. The van der Waals surface area contributed by atoms with E-state index in [0.717, 1.165) is 45.8 Å². The zero-order chi connectivity index (χ0) is 19.3. The summed E-state index contributed by atoms with van der Waals surface area (Å²) in [6.45, 7) is 3.00. The third kappa shape index (κ3) is 2.54. The summed E-state index contributed by atoms with van der Waals surface area (Å²) in [6.07, 6.45) is 21.0. The van der Waals surface area contributed by atoms with Gasteiger partial charge in [-0.15, -0.1) is 0 Å². The Kier molecular flexibility index (Phi) is 3.85. The van der Waals surface area contributed by atoms with E-state index in [1.54, 1.807) is 82.6 Å². The molecule has 8 bridgehead atoms. The molecule has 0 aromatic heterocycles. The number of rotatable bonds is 4. The zero-order valence-electron chi connectivity index (χ0n) is 18.5. The molecule has 0 saturated heterocycles. The SMILES string of the molecule is C[PH](Cc1ccccc1)(C12CC3CC(CC(C3)C1)C2)C12CC3CC(CC(C3)C1)C2. The molecule has 0 nitrogen and oxygen atoms in total. The summed E-state index contributed by atoms with van der Waals surface area (Å²) in [4.78, 5) is 0. The van der Waals surface area contributed by atoms with Crippen molar-refractivity contribution in [2.45, 2.75) is 93.5 Å². The average molecular weight is 409 g/mol. The molecule has 0 spiro atoms. The standard InChI is InChI=1S/C28H41P/c1-29(19-20-5-3-2-4-6-20,27-13-21-7-22(14-27)9-23(8-21)15-27)28-16-24-10-25(17-28)12-26(11-24)18-28/h2-6,21-26,29H,7-19H2,1H3. The van der Waals surface area contributed by atoms with Crippen LogP contribution in [0.2, 0.25) is 0 Å². The van der Waals surface area contributed by atoms with Crippen LogP contribution in [0, 0.1) is 35.5 Å². The minimum atomic E-state index is -1.49. The molecule has 8 aliphatic rings. The molecular weight excluding hydrogens is 367 g/mol. The Morgan fingerprint density at radius 1 is 0.621 bits per heavy atom. The van der Waals surface area contributed by atoms with Crippen molar-refractivity contribution < 1.29 is 0 Å². The van der Waals surface area contributed by atoms with Gasteiger partial charge in [-0.1, -0.05) is 0 Å². The third-order valence-corrected chi connectivity index (χ3v) is 18.8. The maximum absolute atomic E-state index is 3.00. The van der Waals surface area contributed by atoms with Crippen molar-refractivity contribution in [3.8, 4) is 0 Å². The van der Waals surface area contributed by atoms with Crippen molar-refractivity contribution in [3.63, 3.8) is 0 Å². The van der Waals surface area contributed by atoms with E-state index in [9.17, 15) is 0 Å². The second-order valence-electron chi connectivity index (χ2n) is 13.4. The molecule has 1 aromatic rings. The van der Waals surface area contributed by atoms with Gasteiger partial charge in [0.15, 0.2) is 0 Å². The maximum atomic E-state index is 3.00. The Morgan fingerprint density at radius 2 is 0.966 bits per heavy atom. The van der Waals surface area contributed by atoms with E-state index in [1.807, 2.05) is 0 Å². The van der Waals surface area contributed by atoms with Crippen LogP contribution < -0.4 is 0 Å². The van der Waals surface area contributed by atoms with E-state index in [0.29, 0.717) is 0 Å². The summed E-state index contributed by atoms with van der Waals surface area (Å²) in [5.74, 6) is 6.65. The van der Waals surface area contributed by atoms with Crippen molar-refractivity contribution in [2.75, 3.05) is 6.66 Å². The normalized spacial score (nSPS) is 50.2. The Morgan fingerprint density at radius 3 is 1.31 bits per heavy atom. The van der Waals surface area contributed by atoms with Gasteiger partial charge in [0.2, 0.25) is 0 Å². The van der Waals surface area contributed by atoms with Gasteiger partial charge in [-0.2, -0.15) is 0 Å². The zero-order valence-corrected chi connectivity index (χ0v) is 19.5. The summed E-state index contributed by atoms with van der Waals surface area (Å²) in [5, 5.41) is 1.59. The summed E-state index contributed by atoms with van der Waals surface area (Å²) in [7, 11) is -1.49. The molecule has 0 unspecified atom stereocenters. The van der Waals surface area contributed by atoms with Gasteiger partial charge in [-0.05, 0) is 0 Å². The fourth-order valence-corrected chi connectivity index (χ4v) is 18.9. The molecule has 0 atom stereocenters. The van der Waals surface area contributed by atoms with Gasteiger partial charge < -0.3 is 0 Å². The summed E-state index contributed by atoms with van der Waals surface area (Å²) in [5.41, 5.74) is 1.70. The number of benzene rings is 1. The number of hydrogen-bond donors (Lipinski definition) is 0. The van der Waals surface area contributed by atoms with E-state index < -0.39 is 7.26 Å². The van der Waals surface area contributed by atoms with Crippen molar-refractivity contribution >= 4 is 7.26 Å². The van der Waals surface area contributed by atoms with Crippen molar-refractivity contribution in [1.29, 1.82) is 0 Å². The van der Waals surface area contributed by atoms with Crippen LogP contribution in [0.1, 0.15) is 82.6 Å². The van der Waals surface area contributed by atoms with E-state index in [4.69, 9.17) is 0 Å². The van der Waals surface area contributed by atoms with Gasteiger partial charge in [0.05, 0.1) is 0 Å². The average Bonchev–Trinajstić information content (AvgIpc) is 2.66. The van der Waals surface area contributed by atoms with Gasteiger partial charge >= 0.3 is 179 Å². The first-order valence-electron chi connectivity index (χ1n) is 13.1. The quantitative estimate of drug-likeness (QED) is 0.452. The molecule has 0 aliphatic heterocycles. The van der Waals surface area contributed by atoms with E-state index >= 15 is 0 Å². The molecule has 1 heteroatoms. The van der Waals surface area contributed by atoms with Crippen LogP contribution in [0.25, 0.3) is 0 Å². The summed E-state index contributed by atoms with van der Waals surface area (Å²) >= 11 is 0. The van der Waals surface area contributed by atoms with Crippen LogP contribution in [0.3, 0.4) is 0 Å². The third-order valence-electron chi connectivity index (χ3n) is 11.8. The van der Waals surface area contributed by atoms with Crippen LogP contribution in [-0.4, -0.2) is 17.0 Å². The molecule has 29 heavy (non-hydrogen) atoms. The van der Waals surface area contributed by atoms with Gasteiger partial charge in [-0.3, -0.25) is 0 Å². The second-order valence-corrected chi connectivity index (χ2v) is 18.5.